The topological polar surface area (TPSA) is 237 Å². The van der Waals surface area contributed by atoms with Crippen LogP contribution in [0.3, 0.4) is 0 Å². The van der Waals surface area contributed by atoms with Crippen LogP contribution < -0.4 is 0 Å². The highest BCUT2D eigenvalue weighted by molar-refractivity contribution is 7.47. The van der Waals surface area contributed by atoms with Crippen molar-refractivity contribution in [3.05, 3.63) is 0 Å². The number of rotatable bonds is 80. The molecule has 19 heteroatoms. The number of ether oxygens (including phenoxy) is 4. The van der Waals surface area contributed by atoms with Crippen LogP contribution in [-0.2, 0) is 65.4 Å². The van der Waals surface area contributed by atoms with E-state index < -0.39 is 97.5 Å². The minimum atomic E-state index is -4.96. The lowest BCUT2D eigenvalue weighted by molar-refractivity contribution is -0.161. The van der Waals surface area contributed by atoms with E-state index in [1.165, 1.54) is 225 Å². The molecular formula is C83H162O17P2. The monoisotopic (exact) mass is 1490 g/mol. The van der Waals surface area contributed by atoms with Gasteiger partial charge in [0.2, 0.25) is 0 Å². The maximum absolute atomic E-state index is 13.1. The van der Waals surface area contributed by atoms with E-state index in [0.717, 1.165) is 114 Å². The summed E-state index contributed by atoms with van der Waals surface area (Å²) in [5.41, 5.74) is 0. The Balaban J connectivity index is 5.09. The van der Waals surface area contributed by atoms with E-state index >= 15 is 0 Å². The number of unbranched alkanes of at least 4 members (excludes halogenated alkanes) is 44. The van der Waals surface area contributed by atoms with Gasteiger partial charge < -0.3 is 33.8 Å². The Bertz CT molecular complexity index is 1990. The van der Waals surface area contributed by atoms with Crippen LogP contribution in [-0.4, -0.2) is 96.7 Å². The number of carbonyl (C=O) groups excluding carboxylic acids is 4. The normalized spacial score (nSPS) is 14.5. The molecule has 17 nitrogen and oxygen atoms in total. The second kappa shape index (κ2) is 72.0. The zero-order chi connectivity index (χ0) is 75.3. The van der Waals surface area contributed by atoms with Gasteiger partial charge in [0.15, 0.2) is 12.2 Å². The summed E-state index contributed by atoms with van der Waals surface area (Å²) in [6.45, 7) is 14.2. The number of phosphoric acid groups is 2. The van der Waals surface area contributed by atoms with E-state index in [-0.39, 0.29) is 25.7 Å². The molecule has 0 bridgehead atoms. The Hall–Kier alpha value is -1.94. The molecule has 0 saturated carbocycles. The Labute approximate surface area is 626 Å². The molecule has 3 N–H and O–H groups in total. The minimum absolute atomic E-state index is 0.103. The maximum Gasteiger partial charge on any atom is 0.472 e. The van der Waals surface area contributed by atoms with Crippen LogP contribution >= 0.6 is 15.6 Å². The van der Waals surface area contributed by atoms with Gasteiger partial charge in [-0.25, -0.2) is 9.13 Å². The van der Waals surface area contributed by atoms with E-state index in [1.807, 2.05) is 0 Å². The minimum Gasteiger partial charge on any atom is -0.462 e. The van der Waals surface area contributed by atoms with Crippen molar-refractivity contribution in [1.82, 2.24) is 0 Å². The third-order valence-electron chi connectivity index (χ3n) is 20.0. The average molecular weight is 1490 g/mol. The van der Waals surface area contributed by atoms with Crippen molar-refractivity contribution in [2.45, 2.75) is 446 Å². The van der Waals surface area contributed by atoms with E-state index in [4.69, 9.17) is 37.0 Å². The summed E-state index contributed by atoms with van der Waals surface area (Å²) in [6, 6.07) is 0. The molecule has 0 amide bonds. The number of carbonyl (C=O) groups is 4. The zero-order valence-corrected chi connectivity index (χ0v) is 69.0. The SMILES string of the molecule is CCC(C)CCCCCCCCCCCCCCCCCCCCC(=O)OC[C@H](COP(=O)(O)OCC(O)COP(=O)(O)OC[C@@H](COC(=O)CCCCCCCCC(C)C)OC(=O)CCCCCCCCCCCCCCCCCCCCC(C)C)OC(=O)CCCCCCCCC(C)CC. The van der Waals surface area contributed by atoms with Crippen LogP contribution in [0.15, 0.2) is 0 Å². The maximum atomic E-state index is 13.1. The van der Waals surface area contributed by atoms with Gasteiger partial charge in [-0.15, -0.1) is 0 Å². The molecule has 5 unspecified atom stereocenters. The first-order valence-electron chi connectivity index (χ1n) is 42.8. The van der Waals surface area contributed by atoms with Crippen molar-refractivity contribution in [3.63, 3.8) is 0 Å². The smallest absolute Gasteiger partial charge is 0.462 e. The molecule has 0 aliphatic rings. The van der Waals surface area contributed by atoms with Crippen LogP contribution in [0.5, 0.6) is 0 Å². The highest BCUT2D eigenvalue weighted by atomic mass is 31.2. The van der Waals surface area contributed by atoms with Crippen molar-refractivity contribution in [1.29, 1.82) is 0 Å². The molecule has 0 aromatic heterocycles. The Kier molecular flexibility index (Phi) is 70.6. The van der Waals surface area contributed by atoms with E-state index in [2.05, 4.69) is 55.4 Å². The molecule has 102 heavy (non-hydrogen) atoms. The first-order valence-corrected chi connectivity index (χ1v) is 45.8. The van der Waals surface area contributed by atoms with Gasteiger partial charge in [-0.2, -0.15) is 0 Å². The third-order valence-corrected chi connectivity index (χ3v) is 21.9. The van der Waals surface area contributed by atoms with E-state index in [9.17, 15) is 43.2 Å². The standard InChI is InChI=1S/C83H162O17P2/c1-9-75(7)61-53-45-36-32-28-24-20-16-12-14-17-21-25-29-33-37-47-55-63-80(85)93-69-79(100-83(88)66-58-50-42-40-46-54-62-76(8)10-2)72-98-102(91,92)96-68-77(84)67-95-101(89,90)97-71-78(70-94-81(86)64-56-48-41-39-44-52-60-74(5)6)99-82(87)65-57-49-38-34-30-26-22-18-13-11-15-19-23-27-31-35-43-51-59-73(3)4/h73-79,84H,9-72H2,1-8H3,(H,89,90)(H,91,92)/t75?,76?,77?,78-,79-/m1/s1. The zero-order valence-electron chi connectivity index (χ0n) is 67.2. The molecule has 0 heterocycles. The summed E-state index contributed by atoms with van der Waals surface area (Å²) in [5, 5.41) is 10.6. The lowest BCUT2D eigenvalue weighted by Gasteiger charge is -2.21. The van der Waals surface area contributed by atoms with Crippen molar-refractivity contribution in [2.24, 2.45) is 23.7 Å². The fraction of sp³-hybridized carbons (Fsp3) is 0.952. The van der Waals surface area contributed by atoms with Gasteiger partial charge in [0.1, 0.15) is 19.3 Å². The number of hydrogen-bond donors (Lipinski definition) is 3. The lowest BCUT2D eigenvalue weighted by atomic mass is 9.99. The van der Waals surface area contributed by atoms with Crippen LogP contribution in [0.2, 0.25) is 0 Å². The van der Waals surface area contributed by atoms with Crippen LogP contribution in [0.25, 0.3) is 0 Å². The Morgan fingerprint density at radius 2 is 0.471 bits per heavy atom. The fourth-order valence-electron chi connectivity index (χ4n) is 12.7. The second-order valence-corrected chi connectivity index (χ2v) is 34.2. The summed E-state index contributed by atoms with van der Waals surface area (Å²) >= 11 is 0. The Morgan fingerprint density at radius 3 is 0.696 bits per heavy atom. The number of esters is 4. The fourth-order valence-corrected chi connectivity index (χ4v) is 14.3. The molecule has 0 fully saturated rings. The predicted octanol–water partition coefficient (Wildman–Crippen LogP) is 24.8. The summed E-state index contributed by atoms with van der Waals surface area (Å²) in [7, 11) is -9.92. The van der Waals surface area contributed by atoms with Gasteiger partial charge in [-0.1, -0.05) is 376 Å². The van der Waals surface area contributed by atoms with Gasteiger partial charge in [-0.05, 0) is 49.4 Å². The van der Waals surface area contributed by atoms with Crippen molar-refractivity contribution in [2.75, 3.05) is 39.6 Å². The molecule has 0 spiro atoms. The largest absolute Gasteiger partial charge is 0.472 e. The number of hydrogen-bond acceptors (Lipinski definition) is 15. The molecular weight excluding hydrogens is 1330 g/mol. The summed E-state index contributed by atoms with van der Waals surface area (Å²) in [4.78, 5) is 72.9. The third kappa shape index (κ3) is 73.6. The van der Waals surface area contributed by atoms with Crippen LogP contribution in [0.1, 0.15) is 428 Å². The predicted molar refractivity (Wildman–Crippen MR) is 418 cm³/mol. The molecule has 0 aromatic carbocycles. The van der Waals surface area contributed by atoms with Gasteiger partial charge in [0, 0.05) is 25.7 Å². The van der Waals surface area contributed by atoms with Crippen LogP contribution in [0.4, 0.5) is 0 Å². The molecule has 7 atom stereocenters. The van der Waals surface area contributed by atoms with E-state index in [1.54, 1.807) is 0 Å². The Morgan fingerprint density at radius 1 is 0.275 bits per heavy atom. The first kappa shape index (κ1) is 100. The average Bonchev–Trinajstić information content (AvgIpc) is 0.912. The van der Waals surface area contributed by atoms with Crippen molar-refractivity contribution in [3.8, 4) is 0 Å². The highest BCUT2D eigenvalue weighted by Gasteiger charge is 2.30. The van der Waals surface area contributed by atoms with Crippen molar-refractivity contribution < 1.29 is 80.2 Å². The molecule has 0 aliphatic heterocycles. The van der Waals surface area contributed by atoms with Gasteiger partial charge in [0.05, 0.1) is 26.4 Å². The van der Waals surface area contributed by atoms with Crippen LogP contribution in [0, 0.1) is 23.7 Å². The van der Waals surface area contributed by atoms with E-state index in [0.29, 0.717) is 31.6 Å². The highest BCUT2D eigenvalue weighted by Crippen LogP contribution is 2.45. The molecule has 0 aliphatic carbocycles. The first-order chi connectivity index (χ1) is 49.2. The van der Waals surface area contributed by atoms with Gasteiger partial charge >= 0.3 is 39.5 Å². The van der Waals surface area contributed by atoms with Crippen molar-refractivity contribution >= 4 is 39.5 Å². The quantitative estimate of drug-likeness (QED) is 0.0222. The number of aliphatic hydroxyl groups excluding tert-OH is 1. The summed E-state index contributed by atoms with van der Waals surface area (Å²) < 4.78 is 68.6. The molecule has 0 aromatic rings. The summed E-state index contributed by atoms with van der Waals surface area (Å²) in [5.74, 6) is 0.974. The molecule has 606 valence electrons. The lowest BCUT2D eigenvalue weighted by Crippen LogP contribution is -2.30. The number of aliphatic hydroxyl groups is 1. The molecule has 0 saturated heterocycles. The summed E-state index contributed by atoms with van der Waals surface area (Å²) in [6.07, 6.45) is 60.1. The van der Waals surface area contributed by atoms with Gasteiger partial charge in [0.25, 0.3) is 0 Å². The second-order valence-electron chi connectivity index (χ2n) is 31.3. The number of phosphoric ester groups is 2. The molecule has 0 rings (SSSR count). The van der Waals surface area contributed by atoms with Gasteiger partial charge in [-0.3, -0.25) is 37.3 Å². The molecule has 0 radical (unpaired) electrons.